The Kier molecular flexibility index (Phi) is 2.89. The minimum atomic E-state index is -0.0419. The van der Waals surface area contributed by atoms with Crippen molar-refractivity contribution in [3.05, 3.63) is 24.3 Å². The highest BCUT2D eigenvalue weighted by molar-refractivity contribution is 5.98. The van der Waals surface area contributed by atoms with Crippen molar-refractivity contribution in [3.63, 3.8) is 0 Å². The quantitative estimate of drug-likeness (QED) is 0.785. The molecule has 0 amide bonds. The van der Waals surface area contributed by atoms with E-state index in [0.717, 1.165) is 6.42 Å². The smallest absolute Gasteiger partial charge is 0.199 e. The van der Waals surface area contributed by atoms with Gasteiger partial charge in [-0.25, -0.2) is 4.98 Å². The highest BCUT2D eigenvalue weighted by Gasteiger charge is 2.38. The van der Waals surface area contributed by atoms with Crippen LogP contribution in [0, 0.1) is 5.92 Å². The van der Waals surface area contributed by atoms with Crippen LogP contribution in [-0.4, -0.2) is 27.8 Å². The lowest BCUT2D eigenvalue weighted by Crippen LogP contribution is -2.37. The molecule has 1 aromatic rings. The molecule has 90 valence electrons. The molecular formula is C13H17N3O. The van der Waals surface area contributed by atoms with Crippen LogP contribution < -0.4 is 5.32 Å². The van der Waals surface area contributed by atoms with Crippen LogP contribution in [0.25, 0.3) is 0 Å². The van der Waals surface area contributed by atoms with E-state index in [2.05, 4.69) is 15.3 Å². The predicted molar refractivity (Wildman–Crippen MR) is 63.6 cm³/mol. The zero-order chi connectivity index (χ0) is 11.7. The van der Waals surface area contributed by atoms with Gasteiger partial charge in [0.15, 0.2) is 5.78 Å². The number of nitrogens with zero attached hydrogens (tertiary/aromatic N) is 2. The maximum absolute atomic E-state index is 12.2. The molecule has 1 aliphatic carbocycles. The summed E-state index contributed by atoms with van der Waals surface area (Å²) in [6.07, 6.45) is 10.8. The molecule has 1 aliphatic heterocycles. The lowest BCUT2D eigenvalue weighted by Gasteiger charge is -2.24. The second-order valence-electron chi connectivity index (χ2n) is 5.06. The standard InChI is InChI=1S/C13H17N3O/c17-13(12-8-14-5-6-15-12)11-7-9-3-1-2-4-10(9)16-11/h5-6,8-11,16H,1-4,7H2. The first-order valence-corrected chi connectivity index (χ1v) is 6.41. The fourth-order valence-electron chi connectivity index (χ4n) is 3.13. The Morgan fingerprint density at radius 2 is 2.18 bits per heavy atom. The number of hydrogen-bond donors (Lipinski definition) is 1. The van der Waals surface area contributed by atoms with Gasteiger partial charge in [0.05, 0.1) is 12.2 Å². The number of rotatable bonds is 2. The Morgan fingerprint density at radius 1 is 1.29 bits per heavy atom. The molecule has 0 spiro atoms. The first kappa shape index (κ1) is 10.8. The molecule has 2 fully saturated rings. The average Bonchev–Trinajstić information content (AvgIpc) is 2.82. The molecule has 0 radical (unpaired) electrons. The molecule has 1 saturated heterocycles. The summed E-state index contributed by atoms with van der Waals surface area (Å²) in [5.41, 5.74) is 0.489. The number of aromatic nitrogens is 2. The number of nitrogens with one attached hydrogen (secondary N) is 1. The summed E-state index contributed by atoms with van der Waals surface area (Å²) in [5.74, 6) is 0.793. The molecule has 4 heteroatoms. The Morgan fingerprint density at radius 3 is 2.94 bits per heavy atom. The number of carbonyl (C=O) groups is 1. The summed E-state index contributed by atoms with van der Waals surface area (Å²) in [5, 5.41) is 3.47. The van der Waals surface area contributed by atoms with Crippen LogP contribution in [0.4, 0.5) is 0 Å². The molecule has 4 nitrogen and oxygen atoms in total. The highest BCUT2D eigenvalue weighted by Crippen LogP contribution is 2.33. The summed E-state index contributed by atoms with van der Waals surface area (Å²) in [4.78, 5) is 20.3. The molecule has 1 N–H and O–H groups in total. The monoisotopic (exact) mass is 231 g/mol. The van der Waals surface area contributed by atoms with E-state index in [1.165, 1.54) is 25.7 Å². The zero-order valence-electron chi connectivity index (χ0n) is 9.80. The van der Waals surface area contributed by atoms with Crippen molar-refractivity contribution in [2.24, 2.45) is 5.92 Å². The van der Waals surface area contributed by atoms with E-state index in [9.17, 15) is 4.79 Å². The second kappa shape index (κ2) is 4.53. The molecule has 2 heterocycles. The zero-order valence-corrected chi connectivity index (χ0v) is 9.80. The Bertz CT molecular complexity index is 392. The number of fused-ring (bicyclic) bond motifs is 1. The van der Waals surface area contributed by atoms with Crippen molar-refractivity contribution in [3.8, 4) is 0 Å². The number of ketones is 1. The molecule has 0 bridgehead atoms. The number of carbonyl (C=O) groups excluding carboxylic acids is 1. The van der Waals surface area contributed by atoms with Gasteiger partial charge < -0.3 is 5.32 Å². The van der Waals surface area contributed by atoms with Gasteiger partial charge in [0, 0.05) is 18.4 Å². The molecule has 1 saturated carbocycles. The average molecular weight is 231 g/mol. The molecule has 17 heavy (non-hydrogen) atoms. The van der Waals surface area contributed by atoms with Crippen molar-refractivity contribution in [2.45, 2.75) is 44.2 Å². The van der Waals surface area contributed by atoms with Gasteiger partial charge >= 0.3 is 0 Å². The minimum Gasteiger partial charge on any atom is -0.304 e. The van der Waals surface area contributed by atoms with E-state index in [4.69, 9.17) is 0 Å². The summed E-state index contributed by atoms with van der Waals surface area (Å²) in [7, 11) is 0. The fraction of sp³-hybridized carbons (Fsp3) is 0.615. The minimum absolute atomic E-state index is 0.0419. The SMILES string of the molecule is O=C(c1cnccn1)C1CC2CCCCC2N1. The van der Waals surface area contributed by atoms with Crippen LogP contribution in [0.3, 0.4) is 0 Å². The van der Waals surface area contributed by atoms with Gasteiger partial charge in [-0.2, -0.15) is 0 Å². The van der Waals surface area contributed by atoms with Gasteiger partial charge in [-0.05, 0) is 25.2 Å². The largest absolute Gasteiger partial charge is 0.304 e. The predicted octanol–water partition coefficient (Wildman–Crippen LogP) is 1.58. The third kappa shape index (κ3) is 2.09. The first-order chi connectivity index (χ1) is 8.34. The maximum atomic E-state index is 12.2. The molecule has 3 rings (SSSR count). The topological polar surface area (TPSA) is 54.9 Å². The lowest BCUT2D eigenvalue weighted by molar-refractivity contribution is 0.0943. The Hall–Kier alpha value is -1.29. The van der Waals surface area contributed by atoms with E-state index in [1.807, 2.05) is 0 Å². The highest BCUT2D eigenvalue weighted by atomic mass is 16.1. The molecule has 3 atom stereocenters. The van der Waals surface area contributed by atoms with Gasteiger partial charge in [0.2, 0.25) is 0 Å². The Balaban J connectivity index is 1.72. The normalized spacial score (nSPS) is 32.1. The van der Waals surface area contributed by atoms with E-state index in [0.29, 0.717) is 17.7 Å². The van der Waals surface area contributed by atoms with E-state index in [1.54, 1.807) is 18.6 Å². The van der Waals surface area contributed by atoms with Crippen molar-refractivity contribution < 1.29 is 4.79 Å². The molecular weight excluding hydrogens is 214 g/mol. The molecule has 3 unspecified atom stereocenters. The maximum Gasteiger partial charge on any atom is 0.199 e. The van der Waals surface area contributed by atoms with Gasteiger partial charge in [-0.3, -0.25) is 9.78 Å². The van der Waals surface area contributed by atoms with Crippen LogP contribution in [0.2, 0.25) is 0 Å². The van der Waals surface area contributed by atoms with Crippen LogP contribution >= 0.6 is 0 Å². The number of hydrogen-bond acceptors (Lipinski definition) is 4. The van der Waals surface area contributed by atoms with Crippen molar-refractivity contribution in [1.29, 1.82) is 0 Å². The third-order valence-electron chi connectivity index (χ3n) is 3.99. The van der Waals surface area contributed by atoms with Crippen LogP contribution in [0.5, 0.6) is 0 Å². The van der Waals surface area contributed by atoms with Crippen LogP contribution in [0.1, 0.15) is 42.6 Å². The molecule has 2 aliphatic rings. The van der Waals surface area contributed by atoms with Crippen molar-refractivity contribution in [2.75, 3.05) is 0 Å². The van der Waals surface area contributed by atoms with Crippen LogP contribution in [-0.2, 0) is 0 Å². The van der Waals surface area contributed by atoms with Crippen molar-refractivity contribution in [1.82, 2.24) is 15.3 Å². The van der Waals surface area contributed by atoms with E-state index < -0.39 is 0 Å². The van der Waals surface area contributed by atoms with E-state index in [-0.39, 0.29) is 11.8 Å². The second-order valence-corrected chi connectivity index (χ2v) is 5.06. The molecule has 0 aromatic carbocycles. The lowest BCUT2D eigenvalue weighted by atomic mass is 9.85. The summed E-state index contributed by atoms with van der Waals surface area (Å²) in [6, 6.07) is 0.508. The van der Waals surface area contributed by atoms with Gasteiger partial charge in [-0.1, -0.05) is 12.8 Å². The fourth-order valence-corrected chi connectivity index (χ4v) is 3.13. The van der Waals surface area contributed by atoms with Crippen molar-refractivity contribution >= 4 is 5.78 Å². The van der Waals surface area contributed by atoms with E-state index >= 15 is 0 Å². The van der Waals surface area contributed by atoms with Gasteiger partial charge in [0.1, 0.15) is 5.69 Å². The molecule has 1 aromatic heterocycles. The van der Waals surface area contributed by atoms with Crippen LogP contribution in [0.15, 0.2) is 18.6 Å². The van der Waals surface area contributed by atoms with Gasteiger partial charge in [-0.15, -0.1) is 0 Å². The Labute approximate surface area is 101 Å². The number of Topliss-reactive ketones (excluding diaryl/α,β-unsaturated/α-hetero) is 1. The third-order valence-corrected chi connectivity index (χ3v) is 3.99. The summed E-state index contributed by atoms with van der Waals surface area (Å²) < 4.78 is 0. The van der Waals surface area contributed by atoms with Gasteiger partial charge in [0.25, 0.3) is 0 Å². The summed E-state index contributed by atoms with van der Waals surface area (Å²) in [6.45, 7) is 0. The summed E-state index contributed by atoms with van der Waals surface area (Å²) >= 11 is 0. The first-order valence-electron chi connectivity index (χ1n) is 6.41.